The van der Waals surface area contributed by atoms with Crippen molar-refractivity contribution in [3.8, 4) is 11.8 Å². The normalized spacial score (nSPS) is 26.9. The molecular weight excluding hydrogens is 162 g/mol. The second-order valence-corrected chi connectivity index (χ2v) is 3.53. The maximum atomic E-state index is 5.67. The summed E-state index contributed by atoms with van der Waals surface area (Å²) in [7, 11) is 0. The van der Waals surface area contributed by atoms with Crippen molar-refractivity contribution < 1.29 is 4.74 Å². The highest BCUT2D eigenvalue weighted by atomic mass is 16.5. The standard InChI is InChI=1S/C11H19NO/c1-3-4-5-8-12-9-11-7-6-10(2)13-11/h10-12H,5-9H2,1-2H3. The predicted octanol–water partition coefficient (Wildman–Crippen LogP) is 1.56. The van der Waals surface area contributed by atoms with Gasteiger partial charge in [-0.05, 0) is 26.7 Å². The molecule has 2 unspecified atom stereocenters. The van der Waals surface area contributed by atoms with Gasteiger partial charge in [0.05, 0.1) is 12.2 Å². The molecule has 0 radical (unpaired) electrons. The predicted molar refractivity (Wildman–Crippen MR) is 54.5 cm³/mol. The summed E-state index contributed by atoms with van der Waals surface area (Å²) < 4.78 is 5.67. The summed E-state index contributed by atoms with van der Waals surface area (Å²) in [5.74, 6) is 5.91. The van der Waals surface area contributed by atoms with Gasteiger partial charge in [-0.25, -0.2) is 0 Å². The van der Waals surface area contributed by atoms with Gasteiger partial charge >= 0.3 is 0 Å². The van der Waals surface area contributed by atoms with E-state index in [1.165, 1.54) is 12.8 Å². The van der Waals surface area contributed by atoms with Gasteiger partial charge in [0.1, 0.15) is 0 Å². The molecule has 0 bridgehead atoms. The Morgan fingerprint density at radius 3 is 2.92 bits per heavy atom. The van der Waals surface area contributed by atoms with Crippen molar-refractivity contribution in [2.24, 2.45) is 0 Å². The Labute approximate surface area is 81.0 Å². The lowest BCUT2D eigenvalue weighted by Crippen LogP contribution is -2.27. The van der Waals surface area contributed by atoms with Crippen molar-refractivity contribution >= 4 is 0 Å². The third-order valence-corrected chi connectivity index (χ3v) is 2.30. The van der Waals surface area contributed by atoms with Crippen molar-refractivity contribution in [1.82, 2.24) is 5.32 Å². The van der Waals surface area contributed by atoms with Crippen LogP contribution in [0.3, 0.4) is 0 Å². The summed E-state index contributed by atoms with van der Waals surface area (Å²) in [6, 6.07) is 0. The molecule has 0 aromatic heterocycles. The average Bonchev–Trinajstić information content (AvgIpc) is 2.51. The zero-order valence-electron chi connectivity index (χ0n) is 8.60. The Morgan fingerprint density at radius 1 is 1.46 bits per heavy atom. The second kappa shape index (κ2) is 6.01. The molecule has 1 saturated heterocycles. The topological polar surface area (TPSA) is 21.3 Å². The van der Waals surface area contributed by atoms with Gasteiger partial charge in [0.25, 0.3) is 0 Å². The molecule has 74 valence electrons. The summed E-state index contributed by atoms with van der Waals surface area (Å²) in [6.07, 6.45) is 4.25. The van der Waals surface area contributed by atoms with E-state index in [-0.39, 0.29) is 0 Å². The van der Waals surface area contributed by atoms with Crippen LogP contribution in [0, 0.1) is 11.8 Å². The van der Waals surface area contributed by atoms with Crippen LogP contribution in [0.25, 0.3) is 0 Å². The lowest BCUT2D eigenvalue weighted by atomic mass is 10.2. The summed E-state index contributed by atoms with van der Waals surface area (Å²) >= 11 is 0. The van der Waals surface area contributed by atoms with Crippen molar-refractivity contribution in [3.05, 3.63) is 0 Å². The number of hydrogen-bond acceptors (Lipinski definition) is 2. The monoisotopic (exact) mass is 181 g/mol. The van der Waals surface area contributed by atoms with Gasteiger partial charge in [-0.1, -0.05) is 0 Å². The molecule has 1 aliphatic heterocycles. The zero-order chi connectivity index (χ0) is 9.52. The molecule has 13 heavy (non-hydrogen) atoms. The fraction of sp³-hybridized carbons (Fsp3) is 0.818. The highest BCUT2D eigenvalue weighted by Gasteiger charge is 2.20. The van der Waals surface area contributed by atoms with Crippen LogP contribution in [-0.4, -0.2) is 25.3 Å². The maximum Gasteiger partial charge on any atom is 0.0704 e. The average molecular weight is 181 g/mol. The van der Waals surface area contributed by atoms with E-state index in [0.717, 1.165) is 19.5 Å². The van der Waals surface area contributed by atoms with Crippen LogP contribution < -0.4 is 5.32 Å². The Kier molecular flexibility index (Phi) is 4.88. The third kappa shape index (κ3) is 4.31. The first-order valence-corrected chi connectivity index (χ1v) is 5.08. The minimum atomic E-state index is 0.435. The molecule has 1 heterocycles. The molecule has 1 rings (SSSR count). The first-order valence-electron chi connectivity index (χ1n) is 5.08. The lowest BCUT2D eigenvalue weighted by Gasteiger charge is -2.10. The van der Waals surface area contributed by atoms with Gasteiger partial charge in [0.2, 0.25) is 0 Å². The minimum absolute atomic E-state index is 0.435. The molecule has 0 spiro atoms. The van der Waals surface area contributed by atoms with E-state index in [9.17, 15) is 0 Å². The van der Waals surface area contributed by atoms with Crippen LogP contribution in [0.15, 0.2) is 0 Å². The van der Waals surface area contributed by atoms with E-state index in [2.05, 4.69) is 24.1 Å². The zero-order valence-corrected chi connectivity index (χ0v) is 8.60. The summed E-state index contributed by atoms with van der Waals surface area (Å²) in [5.41, 5.74) is 0. The van der Waals surface area contributed by atoms with E-state index in [0.29, 0.717) is 12.2 Å². The highest BCUT2D eigenvalue weighted by Crippen LogP contribution is 2.17. The van der Waals surface area contributed by atoms with Crippen LogP contribution in [0.2, 0.25) is 0 Å². The Balaban J connectivity index is 1.96. The van der Waals surface area contributed by atoms with E-state index in [1.54, 1.807) is 0 Å². The molecule has 2 nitrogen and oxygen atoms in total. The van der Waals surface area contributed by atoms with E-state index >= 15 is 0 Å². The Bertz CT molecular complexity index is 192. The largest absolute Gasteiger partial charge is 0.374 e. The fourth-order valence-electron chi connectivity index (χ4n) is 1.57. The molecule has 1 N–H and O–H groups in total. The second-order valence-electron chi connectivity index (χ2n) is 3.53. The van der Waals surface area contributed by atoms with Gasteiger partial charge in [-0.2, -0.15) is 0 Å². The number of hydrogen-bond donors (Lipinski definition) is 1. The van der Waals surface area contributed by atoms with Crippen molar-refractivity contribution in [3.63, 3.8) is 0 Å². The molecule has 1 aliphatic rings. The van der Waals surface area contributed by atoms with Crippen molar-refractivity contribution in [2.45, 2.75) is 45.3 Å². The fourth-order valence-corrected chi connectivity index (χ4v) is 1.57. The molecule has 2 atom stereocenters. The first-order chi connectivity index (χ1) is 6.33. The summed E-state index contributed by atoms with van der Waals surface area (Å²) in [5, 5.41) is 3.36. The SMILES string of the molecule is CC#CCCNCC1CCC(C)O1. The van der Waals surface area contributed by atoms with Crippen molar-refractivity contribution in [2.75, 3.05) is 13.1 Å². The summed E-state index contributed by atoms with van der Waals surface area (Å²) in [6.45, 7) is 5.98. The lowest BCUT2D eigenvalue weighted by molar-refractivity contribution is 0.0563. The quantitative estimate of drug-likeness (QED) is 0.525. The van der Waals surface area contributed by atoms with Crippen LogP contribution in [0.1, 0.15) is 33.1 Å². The Hall–Kier alpha value is -0.520. The first kappa shape index (κ1) is 10.6. The van der Waals surface area contributed by atoms with Gasteiger partial charge in [-0.15, -0.1) is 11.8 Å². The number of ether oxygens (including phenoxy) is 1. The highest BCUT2D eigenvalue weighted by molar-refractivity contribution is 4.95. The van der Waals surface area contributed by atoms with Crippen LogP contribution in [0.4, 0.5) is 0 Å². The van der Waals surface area contributed by atoms with Gasteiger partial charge in [0.15, 0.2) is 0 Å². The Morgan fingerprint density at radius 2 is 2.31 bits per heavy atom. The minimum Gasteiger partial charge on any atom is -0.374 e. The van der Waals surface area contributed by atoms with Gasteiger partial charge in [0, 0.05) is 19.5 Å². The molecule has 0 aromatic rings. The molecule has 0 saturated carbocycles. The van der Waals surface area contributed by atoms with E-state index < -0.39 is 0 Å². The van der Waals surface area contributed by atoms with E-state index in [1.807, 2.05) is 6.92 Å². The van der Waals surface area contributed by atoms with Crippen LogP contribution in [-0.2, 0) is 4.74 Å². The van der Waals surface area contributed by atoms with E-state index in [4.69, 9.17) is 4.74 Å². The van der Waals surface area contributed by atoms with Crippen molar-refractivity contribution in [1.29, 1.82) is 0 Å². The molecule has 0 aliphatic carbocycles. The smallest absolute Gasteiger partial charge is 0.0704 e. The maximum absolute atomic E-state index is 5.67. The number of rotatable bonds is 4. The molecule has 0 amide bonds. The van der Waals surface area contributed by atoms with Gasteiger partial charge < -0.3 is 10.1 Å². The van der Waals surface area contributed by atoms with Crippen LogP contribution in [0.5, 0.6) is 0 Å². The molecule has 2 heteroatoms. The van der Waals surface area contributed by atoms with Crippen LogP contribution >= 0.6 is 0 Å². The van der Waals surface area contributed by atoms with Gasteiger partial charge in [-0.3, -0.25) is 0 Å². The molecular formula is C11H19NO. The molecule has 0 aromatic carbocycles. The number of nitrogens with one attached hydrogen (secondary N) is 1. The molecule has 1 fully saturated rings. The summed E-state index contributed by atoms with van der Waals surface area (Å²) in [4.78, 5) is 0. The third-order valence-electron chi connectivity index (χ3n) is 2.30.